The van der Waals surface area contributed by atoms with E-state index in [4.69, 9.17) is 4.74 Å². The van der Waals surface area contributed by atoms with Gasteiger partial charge in [0, 0.05) is 6.92 Å². The monoisotopic (exact) mass is 280 g/mol. The second-order valence-electron chi connectivity index (χ2n) is 5.73. The van der Waals surface area contributed by atoms with E-state index in [9.17, 15) is 4.79 Å². The number of hydrogen-bond donors (Lipinski definition) is 0. The zero-order valence-electron chi connectivity index (χ0n) is 12.3. The van der Waals surface area contributed by atoms with E-state index < -0.39 is 0 Å². The van der Waals surface area contributed by atoms with Crippen LogP contribution >= 0.6 is 0 Å². The maximum absolute atomic E-state index is 10.9. The summed E-state index contributed by atoms with van der Waals surface area (Å²) in [6, 6.07) is 16.7. The van der Waals surface area contributed by atoms with Crippen LogP contribution in [0.2, 0.25) is 0 Å². The van der Waals surface area contributed by atoms with E-state index in [0.717, 1.165) is 6.42 Å². The first-order chi connectivity index (χ1) is 10.2. The van der Waals surface area contributed by atoms with Crippen molar-refractivity contribution in [3.63, 3.8) is 0 Å². The summed E-state index contributed by atoms with van der Waals surface area (Å²) in [5.41, 5.74) is 4.31. The highest BCUT2D eigenvalue weighted by Gasteiger charge is 2.19. The average molecular weight is 280 g/mol. The van der Waals surface area contributed by atoms with Gasteiger partial charge in [-0.25, -0.2) is 0 Å². The number of carbonyl (C=O) groups excluding carboxylic acids is 1. The van der Waals surface area contributed by atoms with Gasteiger partial charge < -0.3 is 4.74 Å². The first-order valence-electron chi connectivity index (χ1n) is 7.57. The Morgan fingerprint density at radius 1 is 1.14 bits per heavy atom. The summed E-state index contributed by atoms with van der Waals surface area (Å²) in [5, 5.41) is 0. The van der Waals surface area contributed by atoms with Gasteiger partial charge in [0.05, 0.1) is 0 Å². The topological polar surface area (TPSA) is 26.3 Å². The molecule has 0 saturated carbocycles. The fourth-order valence-electron chi connectivity index (χ4n) is 3.21. The SMILES string of the molecule is CC(=O)Oc1ccc(C[C@H]2CCCc3ccccc32)cc1. The summed E-state index contributed by atoms with van der Waals surface area (Å²) in [6.07, 6.45) is 4.78. The fourth-order valence-corrected chi connectivity index (χ4v) is 3.21. The van der Waals surface area contributed by atoms with E-state index >= 15 is 0 Å². The Morgan fingerprint density at radius 2 is 1.90 bits per heavy atom. The van der Waals surface area contributed by atoms with Crippen LogP contribution < -0.4 is 4.74 Å². The summed E-state index contributed by atoms with van der Waals surface area (Å²) in [4.78, 5) is 10.9. The minimum atomic E-state index is -0.274. The van der Waals surface area contributed by atoms with Crippen LogP contribution in [0.5, 0.6) is 5.75 Å². The van der Waals surface area contributed by atoms with E-state index in [1.54, 1.807) is 0 Å². The van der Waals surface area contributed by atoms with Gasteiger partial charge in [0.25, 0.3) is 0 Å². The van der Waals surface area contributed by atoms with Crippen molar-refractivity contribution in [1.82, 2.24) is 0 Å². The van der Waals surface area contributed by atoms with Gasteiger partial charge in [0.1, 0.15) is 5.75 Å². The number of carbonyl (C=O) groups is 1. The summed E-state index contributed by atoms with van der Waals surface area (Å²) in [6.45, 7) is 1.42. The van der Waals surface area contributed by atoms with E-state index in [2.05, 4.69) is 36.4 Å². The summed E-state index contributed by atoms with van der Waals surface area (Å²) < 4.78 is 5.08. The highest BCUT2D eigenvalue weighted by Crippen LogP contribution is 2.34. The Morgan fingerprint density at radius 3 is 2.67 bits per heavy atom. The van der Waals surface area contributed by atoms with Gasteiger partial charge in [-0.1, -0.05) is 36.4 Å². The van der Waals surface area contributed by atoms with Crippen molar-refractivity contribution >= 4 is 5.97 Å². The number of benzene rings is 2. The van der Waals surface area contributed by atoms with E-state index in [0.29, 0.717) is 11.7 Å². The number of hydrogen-bond acceptors (Lipinski definition) is 2. The van der Waals surface area contributed by atoms with E-state index in [-0.39, 0.29) is 5.97 Å². The Kier molecular flexibility index (Phi) is 4.05. The smallest absolute Gasteiger partial charge is 0.308 e. The molecule has 3 rings (SSSR count). The molecule has 1 aliphatic rings. The Labute approximate surface area is 125 Å². The number of esters is 1. The highest BCUT2D eigenvalue weighted by atomic mass is 16.5. The Bertz CT molecular complexity index is 628. The molecule has 0 bridgehead atoms. The molecule has 0 N–H and O–H groups in total. The molecule has 0 fully saturated rings. The Hall–Kier alpha value is -2.09. The van der Waals surface area contributed by atoms with E-state index in [1.807, 2.05) is 12.1 Å². The van der Waals surface area contributed by atoms with Crippen molar-refractivity contribution in [2.24, 2.45) is 0 Å². The predicted octanol–water partition coefficient (Wildman–Crippen LogP) is 4.27. The normalized spacial score (nSPS) is 17.1. The van der Waals surface area contributed by atoms with Crippen LogP contribution in [0.25, 0.3) is 0 Å². The molecule has 1 aliphatic carbocycles. The van der Waals surface area contributed by atoms with Crippen LogP contribution in [-0.2, 0) is 17.6 Å². The molecule has 21 heavy (non-hydrogen) atoms. The van der Waals surface area contributed by atoms with Gasteiger partial charge in [0.15, 0.2) is 0 Å². The summed E-state index contributed by atoms with van der Waals surface area (Å²) in [5.74, 6) is 0.953. The van der Waals surface area contributed by atoms with Crippen LogP contribution in [0.1, 0.15) is 42.4 Å². The molecule has 108 valence electrons. The van der Waals surface area contributed by atoms with Gasteiger partial charge in [-0.05, 0) is 60.4 Å². The third-order valence-electron chi connectivity index (χ3n) is 4.16. The molecule has 1 atom stereocenters. The summed E-state index contributed by atoms with van der Waals surface area (Å²) >= 11 is 0. The lowest BCUT2D eigenvalue weighted by atomic mass is 9.80. The molecular weight excluding hydrogens is 260 g/mol. The van der Waals surface area contributed by atoms with Gasteiger partial charge in [-0.3, -0.25) is 4.79 Å². The first-order valence-corrected chi connectivity index (χ1v) is 7.57. The van der Waals surface area contributed by atoms with Crippen molar-refractivity contribution in [2.75, 3.05) is 0 Å². The van der Waals surface area contributed by atoms with Crippen LogP contribution in [0.15, 0.2) is 48.5 Å². The number of ether oxygens (including phenoxy) is 1. The molecule has 2 aromatic rings. The molecule has 0 amide bonds. The zero-order valence-corrected chi connectivity index (χ0v) is 12.3. The average Bonchev–Trinajstić information content (AvgIpc) is 2.49. The standard InChI is InChI=1S/C19H20O2/c1-14(20)21-18-11-9-15(10-12-18)13-17-7-4-6-16-5-2-3-8-19(16)17/h2-3,5,8-12,17H,4,6-7,13H2,1H3/t17-/m1/s1. The molecule has 0 spiro atoms. The van der Waals surface area contributed by atoms with Gasteiger partial charge in [-0.2, -0.15) is 0 Å². The van der Waals surface area contributed by atoms with E-state index in [1.165, 1.54) is 42.9 Å². The maximum Gasteiger partial charge on any atom is 0.308 e. The minimum absolute atomic E-state index is 0.274. The molecule has 2 nitrogen and oxygen atoms in total. The summed E-state index contributed by atoms with van der Waals surface area (Å²) in [7, 11) is 0. The Balaban J connectivity index is 1.74. The van der Waals surface area contributed by atoms with Crippen molar-refractivity contribution in [2.45, 2.75) is 38.5 Å². The highest BCUT2D eigenvalue weighted by molar-refractivity contribution is 5.69. The molecule has 0 unspecified atom stereocenters. The van der Waals surface area contributed by atoms with Crippen LogP contribution in [0.3, 0.4) is 0 Å². The predicted molar refractivity (Wildman–Crippen MR) is 83.6 cm³/mol. The molecule has 0 aromatic heterocycles. The van der Waals surface area contributed by atoms with Crippen molar-refractivity contribution in [1.29, 1.82) is 0 Å². The second-order valence-corrected chi connectivity index (χ2v) is 5.73. The minimum Gasteiger partial charge on any atom is -0.427 e. The van der Waals surface area contributed by atoms with Crippen LogP contribution in [-0.4, -0.2) is 5.97 Å². The molecular formula is C19H20O2. The molecule has 0 heterocycles. The molecule has 0 aliphatic heterocycles. The molecule has 0 saturated heterocycles. The second kappa shape index (κ2) is 6.13. The van der Waals surface area contributed by atoms with Crippen LogP contribution in [0, 0.1) is 0 Å². The lowest BCUT2D eigenvalue weighted by Crippen LogP contribution is -2.12. The zero-order chi connectivity index (χ0) is 14.7. The van der Waals surface area contributed by atoms with Crippen molar-refractivity contribution < 1.29 is 9.53 Å². The van der Waals surface area contributed by atoms with Gasteiger partial charge in [-0.15, -0.1) is 0 Å². The van der Waals surface area contributed by atoms with Crippen LogP contribution in [0.4, 0.5) is 0 Å². The molecule has 2 aromatic carbocycles. The lowest BCUT2D eigenvalue weighted by molar-refractivity contribution is -0.131. The maximum atomic E-state index is 10.9. The third kappa shape index (κ3) is 3.33. The lowest BCUT2D eigenvalue weighted by Gasteiger charge is -2.25. The largest absolute Gasteiger partial charge is 0.427 e. The first kappa shape index (κ1) is 13.9. The molecule has 2 heteroatoms. The number of aryl methyl sites for hydroxylation is 1. The van der Waals surface area contributed by atoms with Gasteiger partial charge >= 0.3 is 5.97 Å². The third-order valence-corrected chi connectivity index (χ3v) is 4.16. The molecule has 0 radical (unpaired) electrons. The number of fused-ring (bicyclic) bond motifs is 1. The fraction of sp³-hybridized carbons (Fsp3) is 0.316. The quantitative estimate of drug-likeness (QED) is 0.620. The van der Waals surface area contributed by atoms with Crippen molar-refractivity contribution in [3.8, 4) is 5.75 Å². The number of rotatable bonds is 3. The van der Waals surface area contributed by atoms with Crippen molar-refractivity contribution in [3.05, 3.63) is 65.2 Å². The van der Waals surface area contributed by atoms with Gasteiger partial charge in [0.2, 0.25) is 0 Å².